The number of carbonyl (C=O) groups excluding carboxylic acids is 1. The second-order valence-electron chi connectivity index (χ2n) is 8.12. The fraction of sp³-hybridized carbons (Fsp3) is 0.458. The number of nitrogens with zero attached hydrogens (tertiary/aromatic N) is 2. The fourth-order valence-electron chi connectivity index (χ4n) is 4.23. The number of anilines is 1. The summed E-state index contributed by atoms with van der Waals surface area (Å²) >= 11 is 0. The predicted molar refractivity (Wildman–Crippen MR) is 124 cm³/mol. The first-order valence-corrected chi connectivity index (χ1v) is 12.7. The Labute approximate surface area is 185 Å². The molecule has 1 aliphatic rings. The van der Waals surface area contributed by atoms with E-state index in [1.54, 1.807) is 36.1 Å². The molecule has 0 N–H and O–H groups in total. The van der Waals surface area contributed by atoms with E-state index in [0.29, 0.717) is 37.1 Å². The Hall–Kier alpha value is -2.54. The van der Waals surface area contributed by atoms with Crippen molar-refractivity contribution in [2.24, 2.45) is 5.92 Å². The molecule has 7 heteroatoms. The highest BCUT2D eigenvalue weighted by molar-refractivity contribution is 7.92. The van der Waals surface area contributed by atoms with Crippen LogP contribution in [-0.2, 0) is 21.2 Å². The zero-order valence-corrected chi connectivity index (χ0v) is 19.3. The lowest BCUT2D eigenvalue weighted by Gasteiger charge is -2.36. The Bertz CT molecular complexity index is 953. The summed E-state index contributed by atoms with van der Waals surface area (Å²) in [6.45, 7) is 5.39. The van der Waals surface area contributed by atoms with Gasteiger partial charge >= 0.3 is 0 Å². The highest BCUT2D eigenvalue weighted by atomic mass is 32.2. The van der Waals surface area contributed by atoms with Crippen LogP contribution in [0.25, 0.3) is 0 Å². The number of sulfonamides is 1. The first-order chi connectivity index (χ1) is 14.8. The van der Waals surface area contributed by atoms with Crippen molar-refractivity contribution in [3.05, 3.63) is 60.2 Å². The number of benzene rings is 2. The quantitative estimate of drug-likeness (QED) is 0.622. The molecule has 2 aromatic rings. The van der Waals surface area contributed by atoms with Crippen LogP contribution < -0.4 is 9.04 Å². The van der Waals surface area contributed by atoms with E-state index in [4.69, 9.17) is 4.74 Å². The Balaban J connectivity index is 1.66. The maximum atomic E-state index is 13.2. The molecule has 1 unspecified atom stereocenters. The van der Waals surface area contributed by atoms with E-state index in [1.807, 2.05) is 13.0 Å². The summed E-state index contributed by atoms with van der Waals surface area (Å²) in [5, 5.41) is 0. The molecule has 168 valence electrons. The van der Waals surface area contributed by atoms with Crippen molar-refractivity contribution in [1.82, 2.24) is 4.90 Å². The Morgan fingerprint density at radius 2 is 1.71 bits per heavy atom. The third-order valence-electron chi connectivity index (χ3n) is 5.76. The standard InChI is InChI=1S/C24H32N2O4S/c1-4-30-23-12-10-22(11-13-23)26(31(3,28)29)19(2)24(27)25-16-14-21(15-17-25)18-20-8-6-5-7-9-20/h5-13,19,21H,4,14-18H2,1-3H3. The first kappa shape index (κ1) is 23.1. The maximum absolute atomic E-state index is 13.2. The van der Waals surface area contributed by atoms with Crippen LogP contribution in [0.15, 0.2) is 54.6 Å². The lowest BCUT2D eigenvalue weighted by atomic mass is 9.90. The van der Waals surface area contributed by atoms with Gasteiger partial charge in [0.1, 0.15) is 11.8 Å². The van der Waals surface area contributed by atoms with Crippen LogP contribution in [0.2, 0.25) is 0 Å². The molecule has 1 saturated heterocycles. The Morgan fingerprint density at radius 3 is 2.26 bits per heavy atom. The minimum Gasteiger partial charge on any atom is -0.494 e. The van der Waals surface area contributed by atoms with Gasteiger partial charge in [0.25, 0.3) is 0 Å². The maximum Gasteiger partial charge on any atom is 0.246 e. The molecular weight excluding hydrogens is 412 g/mol. The third kappa shape index (κ3) is 6.00. The van der Waals surface area contributed by atoms with Gasteiger partial charge in [-0.05, 0) is 68.9 Å². The minimum absolute atomic E-state index is 0.155. The van der Waals surface area contributed by atoms with Gasteiger partial charge in [0.05, 0.1) is 18.6 Å². The van der Waals surface area contributed by atoms with E-state index in [2.05, 4.69) is 24.3 Å². The van der Waals surface area contributed by atoms with E-state index in [1.165, 1.54) is 9.87 Å². The monoisotopic (exact) mass is 444 g/mol. The van der Waals surface area contributed by atoms with E-state index in [0.717, 1.165) is 25.5 Å². The van der Waals surface area contributed by atoms with Crippen LogP contribution in [0.4, 0.5) is 5.69 Å². The minimum atomic E-state index is -3.63. The first-order valence-electron chi connectivity index (χ1n) is 10.8. The number of ether oxygens (including phenoxy) is 1. The summed E-state index contributed by atoms with van der Waals surface area (Å²) in [7, 11) is -3.63. The van der Waals surface area contributed by atoms with Crippen molar-refractivity contribution in [3.63, 3.8) is 0 Å². The summed E-state index contributed by atoms with van der Waals surface area (Å²) in [4.78, 5) is 15.0. The van der Waals surface area contributed by atoms with E-state index >= 15 is 0 Å². The van der Waals surface area contributed by atoms with Gasteiger partial charge in [-0.15, -0.1) is 0 Å². The zero-order valence-electron chi connectivity index (χ0n) is 18.5. The lowest BCUT2D eigenvalue weighted by molar-refractivity contribution is -0.133. The van der Waals surface area contributed by atoms with Crippen molar-refractivity contribution in [3.8, 4) is 5.75 Å². The van der Waals surface area contributed by atoms with Gasteiger partial charge < -0.3 is 9.64 Å². The van der Waals surface area contributed by atoms with Gasteiger partial charge in [0.2, 0.25) is 15.9 Å². The van der Waals surface area contributed by atoms with Crippen molar-refractivity contribution >= 4 is 21.6 Å². The molecule has 2 aromatic carbocycles. The van der Waals surface area contributed by atoms with E-state index < -0.39 is 16.1 Å². The van der Waals surface area contributed by atoms with Crippen molar-refractivity contribution in [2.45, 2.75) is 39.2 Å². The molecule has 1 amide bonds. The van der Waals surface area contributed by atoms with Crippen molar-refractivity contribution in [1.29, 1.82) is 0 Å². The molecule has 1 fully saturated rings. The molecular formula is C24H32N2O4S. The molecule has 0 spiro atoms. The van der Waals surface area contributed by atoms with Crippen LogP contribution in [-0.4, -0.2) is 51.2 Å². The summed E-state index contributed by atoms with van der Waals surface area (Å²) in [6.07, 6.45) is 4.00. The molecule has 1 heterocycles. The van der Waals surface area contributed by atoms with Crippen LogP contribution in [0.3, 0.4) is 0 Å². The zero-order chi connectivity index (χ0) is 22.4. The van der Waals surface area contributed by atoms with Crippen LogP contribution in [0, 0.1) is 5.92 Å². The van der Waals surface area contributed by atoms with Gasteiger partial charge in [-0.2, -0.15) is 0 Å². The summed E-state index contributed by atoms with van der Waals surface area (Å²) < 4.78 is 31.7. The molecule has 0 aliphatic carbocycles. The molecule has 1 atom stereocenters. The van der Waals surface area contributed by atoms with Gasteiger partial charge in [-0.1, -0.05) is 30.3 Å². The second-order valence-corrected chi connectivity index (χ2v) is 9.98. The molecule has 1 aliphatic heterocycles. The van der Waals surface area contributed by atoms with Gasteiger partial charge in [-0.3, -0.25) is 9.10 Å². The van der Waals surface area contributed by atoms with Crippen LogP contribution in [0.5, 0.6) is 5.75 Å². The molecule has 0 bridgehead atoms. The summed E-state index contributed by atoms with van der Waals surface area (Å²) in [5.74, 6) is 1.05. The van der Waals surface area contributed by atoms with Gasteiger partial charge in [-0.25, -0.2) is 8.42 Å². The predicted octanol–water partition coefficient (Wildman–Crippen LogP) is 3.72. The number of carbonyl (C=O) groups is 1. The molecule has 0 radical (unpaired) electrons. The SMILES string of the molecule is CCOc1ccc(N(C(C)C(=O)N2CCC(Cc3ccccc3)CC2)S(C)(=O)=O)cc1. The summed E-state index contributed by atoms with van der Waals surface area (Å²) in [5.41, 5.74) is 1.78. The number of hydrogen-bond acceptors (Lipinski definition) is 4. The number of amides is 1. The number of hydrogen-bond donors (Lipinski definition) is 0. The molecule has 6 nitrogen and oxygen atoms in total. The molecule has 0 saturated carbocycles. The Kier molecular flexibility index (Phi) is 7.59. The molecule has 3 rings (SSSR count). The van der Waals surface area contributed by atoms with E-state index in [9.17, 15) is 13.2 Å². The number of piperidine rings is 1. The number of rotatable bonds is 8. The number of likely N-dealkylation sites (tertiary alicyclic amines) is 1. The van der Waals surface area contributed by atoms with Gasteiger partial charge in [0.15, 0.2) is 0 Å². The van der Waals surface area contributed by atoms with Crippen molar-refractivity contribution < 1.29 is 17.9 Å². The smallest absolute Gasteiger partial charge is 0.246 e. The highest BCUT2D eigenvalue weighted by Gasteiger charge is 2.33. The van der Waals surface area contributed by atoms with Gasteiger partial charge in [0, 0.05) is 13.1 Å². The topological polar surface area (TPSA) is 66.9 Å². The van der Waals surface area contributed by atoms with Crippen LogP contribution >= 0.6 is 0 Å². The Morgan fingerprint density at radius 1 is 1.10 bits per heavy atom. The van der Waals surface area contributed by atoms with Crippen LogP contribution in [0.1, 0.15) is 32.3 Å². The third-order valence-corrected chi connectivity index (χ3v) is 7.00. The second kappa shape index (κ2) is 10.2. The normalized spacial score (nSPS) is 16.0. The fourth-order valence-corrected chi connectivity index (χ4v) is 5.40. The largest absolute Gasteiger partial charge is 0.494 e. The molecule has 0 aromatic heterocycles. The lowest BCUT2D eigenvalue weighted by Crippen LogP contribution is -2.51. The average Bonchev–Trinajstić information content (AvgIpc) is 2.75. The van der Waals surface area contributed by atoms with E-state index in [-0.39, 0.29) is 5.91 Å². The summed E-state index contributed by atoms with van der Waals surface area (Å²) in [6, 6.07) is 16.4. The van der Waals surface area contributed by atoms with Crippen molar-refractivity contribution in [2.75, 3.05) is 30.3 Å². The average molecular weight is 445 g/mol. The molecule has 31 heavy (non-hydrogen) atoms. The highest BCUT2D eigenvalue weighted by Crippen LogP contribution is 2.27.